The van der Waals surface area contributed by atoms with Crippen molar-refractivity contribution < 1.29 is 9.63 Å². The Morgan fingerprint density at radius 2 is 1.85 bits per heavy atom. The predicted octanol–water partition coefficient (Wildman–Crippen LogP) is 3.78. The number of hydroxylamine groups is 1. The van der Waals surface area contributed by atoms with Crippen LogP contribution in [-0.2, 0) is 22.7 Å². The summed E-state index contributed by atoms with van der Waals surface area (Å²) in [6.07, 6.45) is 0.144. The first-order chi connectivity index (χ1) is 9.65. The Bertz CT molecular complexity index is 588. The number of halogens is 2. The summed E-state index contributed by atoms with van der Waals surface area (Å²) in [5.74, 6) is -0.259. The van der Waals surface area contributed by atoms with Crippen LogP contribution in [0.4, 0.5) is 0 Å². The van der Waals surface area contributed by atoms with Gasteiger partial charge >= 0.3 is 0 Å². The second kappa shape index (κ2) is 7.29. The van der Waals surface area contributed by atoms with Crippen molar-refractivity contribution in [1.29, 1.82) is 0 Å². The molecule has 0 fully saturated rings. The van der Waals surface area contributed by atoms with Gasteiger partial charge in [0, 0.05) is 10.0 Å². The topological polar surface area (TPSA) is 38.3 Å². The molecule has 0 radical (unpaired) electrons. The number of rotatable bonds is 5. The molecule has 5 heteroatoms. The Morgan fingerprint density at radius 3 is 2.55 bits per heavy atom. The molecule has 1 N–H and O–H groups in total. The van der Waals surface area contributed by atoms with E-state index in [-0.39, 0.29) is 12.3 Å². The molecule has 2 rings (SSSR count). The van der Waals surface area contributed by atoms with E-state index in [4.69, 9.17) is 28.0 Å². The van der Waals surface area contributed by atoms with Crippen LogP contribution >= 0.6 is 23.2 Å². The molecule has 0 unspecified atom stereocenters. The van der Waals surface area contributed by atoms with Crippen LogP contribution in [0.3, 0.4) is 0 Å². The molecule has 0 spiro atoms. The normalized spacial score (nSPS) is 10.3. The van der Waals surface area contributed by atoms with E-state index in [1.54, 1.807) is 18.2 Å². The van der Waals surface area contributed by atoms with E-state index in [1.165, 1.54) is 0 Å². The standard InChI is InChI=1S/C15H13Cl2NO2/c16-13-7-6-12(14(17)9-13)8-15(19)18-20-10-11-4-2-1-3-5-11/h1-7,9H,8,10H2,(H,18,19). The number of carbonyl (C=O) groups excluding carboxylic acids is 1. The van der Waals surface area contributed by atoms with E-state index < -0.39 is 0 Å². The summed E-state index contributed by atoms with van der Waals surface area (Å²) in [6.45, 7) is 0.320. The maximum Gasteiger partial charge on any atom is 0.248 e. The lowest BCUT2D eigenvalue weighted by atomic mass is 10.1. The highest BCUT2D eigenvalue weighted by Gasteiger charge is 2.07. The van der Waals surface area contributed by atoms with Crippen LogP contribution in [0.25, 0.3) is 0 Å². The third-order valence-corrected chi connectivity index (χ3v) is 3.22. The maximum absolute atomic E-state index is 11.7. The van der Waals surface area contributed by atoms with Gasteiger partial charge in [-0.3, -0.25) is 9.63 Å². The average molecular weight is 310 g/mol. The van der Waals surface area contributed by atoms with Gasteiger partial charge < -0.3 is 0 Å². The summed E-state index contributed by atoms with van der Waals surface area (Å²) < 4.78 is 0. The van der Waals surface area contributed by atoms with Gasteiger partial charge in [0.25, 0.3) is 0 Å². The van der Waals surface area contributed by atoms with Crippen LogP contribution in [-0.4, -0.2) is 5.91 Å². The second-order valence-electron chi connectivity index (χ2n) is 4.21. The van der Waals surface area contributed by atoms with Gasteiger partial charge in [-0.2, -0.15) is 0 Å². The van der Waals surface area contributed by atoms with Crippen LogP contribution in [0.15, 0.2) is 48.5 Å². The monoisotopic (exact) mass is 309 g/mol. The van der Waals surface area contributed by atoms with Crippen molar-refractivity contribution >= 4 is 29.1 Å². The Hall–Kier alpha value is -1.55. The lowest BCUT2D eigenvalue weighted by molar-refractivity contribution is -0.133. The number of nitrogens with one attached hydrogen (secondary N) is 1. The van der Waals surface area contributed by atoms with Gasteiger partial charge in [-0.1, -0.05) is 59.6 Å². The molecule has 2 aromatic carbocycles. The SMILES string of the molecule is O=C(Cc1ccc(Cl)cc1Cl)NOCc1ccccc1. The van der Waals surface area contributed by atoms with Crippen LogP contribution in [0, 0.1) is 0 Å². The van der Waals surface area contributed by atoms with Gasteiger partial charge in [0.05, 0.1) is 13.0 Å². The molecule has 0 bridgehead atoms. The van der Waals surface area contributed by atoms with Gasteiger partial charge in [0.1, 0.15) is 0 Å². The van der Waals surface area contributed by atoms with Crippen LogP contribution in [0.2, 0.25) is 10.0 Å². The predicted molar refractivity (Wildman–Crippen MR) is 79.5 cm³/mol. The minimum absolute atomic E-state index is 0.144. The number of carbonyl (C=O) groups is 1. The van der Waals surface area contributed by atoms with E-state index in [2.05, 4.69) is 5.48 Å². The molecule has 1 amide bonds. The average Bonchev–Trinajstić information content (AvgIpc) is 2.43. The highest BCUT2D eigenvalue weighted by molar-refractivity contribution is 6.35. The molecule has 0 aliphatic rings. The van der Waals surface area contributed by atoms with Crippen molar-refractivity contribution in [3.63, 3.8) is 0 Å². The second-order valence-corrected chi connectivity index (χ2v) is 5.06. The van der Waals surface area contributed by atoms with Crippen molar-refractivity contribution in [3.05, 3.63) is 69.7 Å². The van der Waals surface area contributed by atoms with E-state index in [9.17, 15) is 4.79 Å². The van der Waals surface area contributed by atoms with Gasteiger partial charge in [-0.15, -0.1) is 0 Å². The quantitative estimate of drug-likeness (QED) is 0.854. The Kier molecular flexibility index (Phi) is 5.41. The molecule has 0 aliphatic heterocycles. The third kappa shape index (κ3) is 4.53. The van der Waals surface area contributed by atoms with E-state index >= 15 is 0 Å². The minimum Gasteiger partial charge on any atom is -0.272 e. The zero-order valence-corrected chi connectivity index (χ0v) is 12.1. The number of hydrogen-bond acceptors (Lipinski definition) is 2. The highest BCUT2D eigenvalue weighted by atomic mass is 35.5. The summed E-state index contributed by atoms with van der Waals surface area (Å²) in [7, 11) is 0. The fraction of sp³-hybridized carbons (Fsp3) is 0.133. The Balaban J connectivity index is 1.81. The van der Waals surface area contributed by atoms with Crippen LogP contribution in [0.1, 0.15) is 11.1 Å². The summed E-state index contributed by atoms with van der Waals surface area (Å²) in [6, 6.07) is 14.6. The molecular formula is C15H13Cl2NO2. The number of benzene rings is 2. The van der Waals surface area contributed by atoms with E-state index in [0.717, 1.165) is 5.56 Å². The van der Waals surface area contributed by atoms with Crippen molar-refractivity contribution in [2.45, 2.75) is 13.0 Å². The molecule has 0 aliphatic carbocycles. The van der Waals surface area contributed by atoms with Crippen molar-refractivity contribution in [2.75, 3.05) is 0 Å². The van der Waals surface area contributed by atoms with Gasteiger partial charge in [0.2, 0.25) is 5.91 Å². The summed E-state index contributed by atoms with van der Waals surface area (Å²) in [4.78, 5) is 16.9. The minimum atomic E-state index is -0.259. The van der Waals surface area contributed by atoms with Gasteiger partial charge in [-0.05, 0) is 23.3 Å². The maximum atomic E-state index is 11.7. The molecule has 104 valence electrons. The van der Waals surface area contributed by atoms with E-state index in [1.807, 2.05) is 30.3 Å². The first kappa shape index (κ1) is 14.9. The molecule has 0 atom stereocenters. The Morgan fingerprint density at radius 1 is 1.10 bits per heavy atom. The molecular weight excluding hydrogens is 297 g/mol. The zero-order valence-electron chi connectivity index (χ0n) is 10.6. The molecule has 0 saturated carbocycles. The van der Waals surface area contributed by atoms with Crippen LogP contribution < -0.4 is 5.48 Å². The largest absolute Gasteiger partial charge is 0.272 e. The van der Waals surface area contributed by atoms with Crippen molar-refractivity contribution in [3.8, 4) is 0 Å². The summed E-state index contributed by atoms with van der Waals surface area (Å²) >= 11 is 11.8. The first-order valence-electron chi connectivity index (χ1n) is 6.03. The number of hydrogen-bond donors (Lipinski definition) is 1. The van der Waals surface area contributed by atoms with Gasteiger partial charge in [0.15, 0.2) is 0 Å². The molecule has 0 heterocycles. The molecule has 20 heavy (non-hydrogen) atoms. The van der Waals surface area contributed by atoms with Crippen molar-refractivity contribution in [1.82, 2.24) is 5.48 Å². The molecule has 0 aromatic heterocycles. The zero-order chi connectivity index (χ0) is 14.4. The fourth-order valence-electron chi connectivity index (χ4n) is 1.65. The molecule has 3 nitrogen and oxygen atoms in total. The lowest BCUT2D eigenvalue weighted by Crippen LogP contribution is -2.25. The number of amides is 1. The van der Waals surface area contributed by atoms with Crippen molar-refractivity contribution in [2.24, 2.45) is 0 Å². The smallest absolute Gasteiger partial charge is 0.248 e. The summed E-state index contributed by atoms with van der Waals surface area (Å²) in [5, 5.41) is 1.01. The van der Waals surface area contributed by atoms with Crippen LogP contribution in [0.5, 0.6) is 0 Å². The first-order valence-corrected chi connectivity index (χ1v) is 6.79. The fourth-order valence-corrected chi connectivity index (χ4v) is 2.12. The van der Waals surface area contributed by atoms with E-state index in [0.29, 0.717) is 22.2 Å². The van der Waals surface area contributed by atoms with Gasteiger partial charge in [-0.25, -0.2) is 5.48 Å². The third-order valence-electron chi connectivity index (χ3n) is 2.63. The lowest BCUT2D eigenvalue weighted by Gasteiger charge is -2.07. The summed E-state index contributed by atoms with van der Waals surface area (Å²) in [5.41, 5.74) is 4.08. The molecule has 0 saturated heterocycles. The highest BCUT2D eigenvalue weighted by Crippen LogP contribution is 2.21. The molecule has 2 aromatic rings. The Labute approximate surface area is 127 Å².